The third-order valence-electron chi connectivity index (χ3n) is 4.95. The van der Waals surface area contributed by atoms with Crippen LogP contribution in [0.2, 0.25) is 0 Å². The Morgan fingerprint density at radius 3 is 2.68 bits per heavy atom. The summed E-state index contributed by atoms with van der Waals surface area (Å²) in [6.45, 7) is 1.19. The Labute approximate surface area is 163 Å². The van der Waals surface area contributed by atoms with Crippen LogP contribution in [0, 0.1) is 0 Å². The van der Waals surface area contributed by atoms with E-state index in [1.807, 2.05) is 35.2 Å². The van der Waals surface area contributed by atoms with Gasteiger partial charge in [-0.05, 0) is 30.3 Å². The molecule has 1 aliphatic heterocycles. The molecule has 0 radical (unpaired) electrons. The summed E-state index contributed by atoms with van der Waals surface area (Å²) in [5, 5.41) is 1.04. The highest BCUT2D eigenvalue weighted by molar-refractivity contribution is 5.95. The number of pyridine rings is 1. The van der Waals surface area contributed by atoms with E-state index in [-0.39, 0.29) is 12.0 Å². The van der Waals surface area contributed by atoms with Crippen LogP contribution < -0.4 is 14.2 Å². The topological polar surface area (TPSA) is 60.9 Å². The molecule has 2 aromatic carbocycles. The monoisotopic (exact) mass is 378 g/mol. The molecule has 1 aromatic heterocycles. The average Bonchev–Trinajstić information content (AvgIpc) is 3.21. The molecule has 0 aliphatic carbocycles. The number of benzene rings is 2. The summed E-state index contributed by atoms with van der Waals surface area (Å²) in [5.41, 5.74) is 1.42. The molecule has 1 amide bonds. The van der Waals surface area contributed by atoms with Gasteiger partial charge in [0.05, 0.1) is 20.8 Å². The zero-order chi connectivity index (χ0) is 19.5. The number of carbonyl (C=O) groups excluding carboxylic acids is 1. The minimum absolute atomic E-state index is 0.0388. The number of likely N-dealkylation sites (tertiary alicyclic amines) is 1. The van der Waals surface area contributed by atoms with E-state index in [2.05, 4.69) is 4.98 Å². The fourth-order valence-electron chi connectivity index (χ4n) is 3.51. The number of ether oxygens (including phenoxy) is 3. The van der Waals surface area contributed by atoms with Crippen LogP contribution in [0.4, 0.5) is 0 Å². The molecule has 2 heterocycles. The highest BCUT2D eigenvalue weighted by Gasteiger charge is 2.29. The zero-order valence-corrected chi connectivity index (χ0v) is 15.9. The van der Waals surface area contributed by atoms with Crippen LogP contribution >= 0.6 is 0 Å². The summed E-state index contributed by atoms with van der Waals surface area (Å²) >= 11 is 0. The molecule has 1 fully saturated rings. The molecular formula is C22H22N2O4. The van der Waals surface area contributed by atoms with Crippen LogP contribution in [-0.4, -0.2) is 49.2 Å². The van der Waals surface area contributed by atoms with Crippen molar-refractivity contribution >= 4 is 16.8 Å². The van der Waals surface area contributed by atoms with E-state index in [9.17, 15) is 4.79 Å². The van der Waals surface area contributed by atoms with E-state index >= 15 is 0 Å². The second-order valence-corrected chi connectivity index (χ2v) is 6.68. The molecule has 1 saturated heterocycles. The number of hydrogen-bond acceptors (Lipinski definition) is 5. The Hall–Kier alpha value is -3.28. The molecule has 6 heteroatoms. The predicted octanol–water partition coefficient (Wildman–Crippen LogP) is 3.55. The molecule has 0 N–H and O–H groups in total. The molecule has 144 valence electrons. The third kappa shape index (κ3) is 3.45. The SMILES string of the molecule is COc1ccc(C(=O)N2CCC(Oc3cccc4cccnc34)C2)cc1OC. The van der Waals surface area contributed by atoms with Gasteiger partial charge in [0.25, 0.3) is 5.91 Å². The molecule has 0 saturated carbocycles. The lowest BCUT2D eigenvalue weighted by atomic mass is 10.1. The molecule has 1 unspecified atom stereocenters. The van der Waals surface area contributed by atoms with Crippen LogP contribution in [0.5, 0.6) is 17.2 Å². The maximum atomic E-state index is 12.9. The van der Waals surface area contributed by atoms with E-state index < -0.39 is 0 Å². The Balaban J connectivity index is 1.47. The first kappa shape index (κ1) is 18.1. The van der Waals surface area contributed by atoms with Crippen molar-refractivity contribution in [3.05, 3.63) is 60.3 Å². The van der Waals surface area contributed by atoms with Crippen LogP contribution in [0.25, 0.3) is 10.9 Å². The number of amides is 1. The van der Waals surface area contributed by atoms with E-state index in [1.54, 1.807) is 38.6 Å². The Bertz CT molecular complexity index is 999. The van der Waals surface area contributed by atoms with Crippen LogP contribution in [0.1, 0.15) is 16.8 Å². The van der Waals surface area contributed by atoms with Crippen LogP contribution in [-0.2, 0) is 0 Å². The second kappa shape index (κ2) is 7.76. The fourth-order valence-corrected chi connectivity index (χ4v) is 3.51. The van der Waals surface area contributed by atoms with Crippen molar-refractivity contribution in [1.29, 1.82) is 0 Å². The van der Waals surface area contributed by atoms with Gasteiger partial charge in [-0.2, -0.15) is 0 Å². The quantitative estimate of drug-likeness (QED) is 0.680. The summed E-state index contributed by atoms with van der Waals surface area (Å²) in [6, 6.07) is 15.0. The molecule has 1 atom stereocenters. The number of hydrogen-bond donors (Lipinski definition) is 0. The maximum Gasteiger partial charge on any atom is 0.254 e. The summed E-state index contributed by atoms with van der Waals surface area (Å²) in [6.07, 6.45) is 2.48. The van der Waals surface area contributed by atoms with Crippen LogP contribution in [0.15, 0.2) is 54.7 Å². The van der Waals surface area contributed by atoms with Gasteiger partial charge < -0.3 is 19.1 Å². The van der Waals surface area contributed by atoms with E-state index in [0.29, 0.717) is 30.2 Å². The van der Waals surface area contributed by atoms with Gasteiger partial charge in [0.15, 0.2) is 11.5 Å². The van der Waals surface area contributed by atoms with Crippen molar-refractivity contribution < 1.29 is 19.0 Å². The van der Waals surface area contributed by atoms with E-state index in [4.69, 9.17) is 14.2 Å². The Kier molecular flexibility index (Phi) is 5.02. The first-order valence-corrected chi connectivity index (χ1v) is 9.21. The number of methoxy groups -OCH3 is 2. The summed E-state index contributed by atoms with van der Waals surface area (Å²) in [5.74, 6) is 1.86. The summed E-state index contributed by atoms with van der Waals surface area (Å²) in [4.78, 5) is 19.1. The molecule has 28 heavy (non-hydrogen) atoms. The minimum atomic E-state index is -0.0586. The Morgan fingerprint density at radius 2 is 1.86 bits per heavy atom. The molecule has 0 bridgehead atoms. The molecular weight excluding hydrogens is 356 g/mol. The standard InChI is InChI=1S/C22H22N2O4/c1-26-18-9-8-16(13-20(18)27-2)22(25)24-12-10-17(14-24)28-19-7-3-5-15-6-4-11-23-21(15)19/h3-9,11,13,17H,10,12,14H2,1-2H3. The fraction of sp³-hybridized carbons (Fsp3) is 0.273. The van der Waals surface area contributed by atoms with Crippen LogP contribution in [0.3, 0.4) is 0 Å². The first-order valence-electron chi connectivity index (χ1n) is 9.21. The molecule has 0 spiro atoms. The molecule has 3 aromatic rings. The summed E-state index contributed by atoms with van der Waals surface area (Å²) < 4.78 is 16.7. The lowest BCUT2D eigenvalue weighted by Crippen LogP contribution is -2.31. The highest BCUT2D eigenvalue weighted by atomic mass is 16.5. The number of fused-ring (bicyclic) bond motifs is 1. The maximum absolute atomic E-state index is 12.9. The highest BCUT2D eigenvalue weighted by Crippen LogP contribution is 2.30. The van der Waals surface area contributed by atoms with Crippen molar-refractivity contribution in [1.82, 2.24) is 9.88 Å². The van der Waals surface area contributed by atoms with E-state index in [1.165, 1.54) is 0 Å². The minimum Gasteiger partial charge on any atom is -0.493 e. The zero-order valence-electron chi connectivity index (χ0n) is 15.9. The lowest BCUT2D eigenvalue weighted by molar-refractivity contribution is 0.0772. The van der Waals surface area contributed by atoms with Gasteiger partial charge in [-0.3, -0.25) is 9.78 Å². The van der Waals surface area contributed by atoms with Gasteiger partial charge in [0, 0.05) is 30.1 Å². The number of para-hydroxylation sites is 1. The van der Waals surface area contributed by atoms with Gasteiger partial charge >= 0.3 is 0 Å². The van der Waals surface area contributed by atoms with Gasteiger partial charge in [-0.1, -0.05) is 18.2 Å². The third-order valence-corrected chi connectivity index (χ3v) is 4.95. The number of carbonyl (C=O) groups is 1. The van der Waals surface area contributed by atoms with Crippen molar-refractivity contribution in [3.63, 3.8) is 0 Å². The Morgan fingerprint density at radius 1 is 1.04 bits per heavy atom. The molecule has 1 aliphatic rings. The predicted molar refractivity (Wildman–Crippen MR) is 106 cm³/mol. The number of aromatic nitrogens is 1. The molecule has 6 nitrogen and oxygen atoms in total. The number of rotatable bonds is 5. The molecule has 4 rings (SSSR count). The van der Waals surface area contributed by atoms with Crippen molar-refractivity contribution in [2.45, 2.75) is 12.5 Å². The van der Waals surface area contributed by atoms with Gasteiger partial charge in [0.1, 0.15) is 17.4 Å². The van der Waals surface area contributed by atoms with Gasteiger partial charge in [-0.15, -0.1) is 0 Å². The first-order chi connectivity index (χ1) is 13.7. The normalized spacial score (nSPS) is 16.2. The summed E-state index contributed by atoms with van der Waals surface area (Å²) in [7, 11) is 3.13. The van der Waals surface area contributed by atoms with Crippen molar-refractivity contribution in [2.24, 2.45) is 0 Å². The second-order valence-electron chi connectivity index (χ2n) is 6.68. The lowest BCUT2D eigenvalue weighted by Gasteiger charge is -2.18. The van der Waals surface area contributed by atoms with Crippen molar-refractivity contribution in [3.8, 4) is 17.2 Å². The van der Waals surface area contributed by atoms with E-state index in [0.717, 1.165) is 23.1 Å². The van der Waals surface area contributed by atoms with Gasteiger partial charge in [-0.25, -0.2) is 0 Å². The van der Waals surface area contributed by atoms with Crippen molar-refractivity contribution in [2.75, 3.05) is 27.3 Å². The average molecular weight is 378 g/mol. The largest absolute Gasteiger partial charge is 0.493 e. The smallest absolute Gasteiger partial charge is 0.254 e. The van der Waals surface area contributed by atoms with Gasteiger partial charge in [0.2, 0.25) is 0 Å². The number of nitrogens with zero attached hydrogens (tertiary/aromatic N) is 2.